The summed E-state index contributed by atoms with van der Waals surface area (Å²) in [4.78, 5) is 26.0. The quantitative estimate of drug-likeness (QED) is 0.908. The molecule has 1 aliphatic heterocycles. The molecule has 0 aliphatic carbocycles. The molecule has 0 spiro atoms. The van der Waals surface area contributed by atoms with Gasteiger partial charge in [0.1, 0.15) is 0 Å². The Kier molecular flexibility index (Phi) is 5.01. The summed E-state index contributed by atoms with van der Waals surface area (Å²) in [6.45, 7) is 0.615. The first-order valence-corrected chi connectivity index (χ1v) is 8.33. The van der Waals surface area contributed by atoms with E-state index in [9.17, 15) is 9.59 Å². The SMILES string of the molecule is N#CCc1ccc(NC(=O)c2ccc(Cl)c(N3CCCC3=O)c2)cc1. The number of anilines is 2. The molecule has 2 amide bonds. The first kappa shape index (κ1) is 17.0. The molecule has 0 saturated carbocycles. The van der Waals surface area contributed by atoms with Crippen LogP contribution in [0.1, 0.15) is 28.8 Å². The number of benzene rings is 2. The molecule has 0 bridgehead atoms. The number of carbonyl (C=O) groups excluding carboxylic acids is 2. The molecule has 6 heteroatoms. The van der Waals surface area contributed by atoms with E-state index in [4.69, 9.17) is 16.9 Å². The Hall–Kier alpha value is -2.84. The van der Waals surface area contributed by atoms with Crippen LogP contribution >= 0.6 is 11.6 Å². The Morgan fingerprint density at radius 2 is 2.00 bits per heavy atom. The second-order valence-corrected chi connectivity index (χ2v) is 6.21. The smallest absolute Gasteiger partial charge is 0.255 e. The minimum absolute atomic E-state index is 0.0209. The molecule has 5 nitrogen and oxygen atoms in total. The molecule has 1 fully saturated rings. The highest BCUT2D eigenvalue weighted by Gasteiger charge is 2.24. The van der Waals surface area contributed by atoms with Gasteiger partial charge in [0.25, 0.3) is 5.91 Å². The molecule has 25 heavy (non-hydrogen) atoms. The number of hydrogen-bond acceptors (Lipinski definition) is 3. The standard InChI is InChI=1S/C19H16ClN3O2/c20-16-8-5-14(12-17(16)23-11-1-2-18(23)24)19(25)22-15-6-3-13(4-7-15)9-10-21/h3-8,12H,1-2,9,11H2,(H,22,25). The normalized spacial score (nSPS) is 13.6. The second kappa shape index (κ2) is 7.37. The average Bonchev–Trinajstić information content (AvgIpc) is 3.03. The fourth-order valence-corrected chi connectivity index (χ4v) is 2.98. The van der Waals surface area contributed by atoms with Crippen molar-refractivity contribution in [1.82, 2.24) is 0 Å². The van der Waals surface area contributed by atoms with Gasteiger partial charge >= 0.3 is 0 Å². The molecule has 2 aromatic rings. The van der Waals surface area contributed by atoms with Crippen molar-refractivity contribution in [2.75, 3.05) is 16.8 Å². The van der Waals surface area contributed by atoms with Gasteiger partial charge in [-0.15, -0.1) is 0 Å². The number of nitrogens with one attached hydrogen (secondary N) is 1. The summed E-state index contributed by atoms with van der Waals surface area (Å²) >= 11 is 6.20. The van der Waals surface area contributed by atoms with Crippen molar-refractivity contribution in [2.24, 2.45) is 0 Å². The lowest BCUT2D eigenvalue weighted by atomic mass is 10.1. The van der Waals surface area contributed by atoms with E-state index in [-0.39, 0.29) is 11.8 Å². The fourth-order valence-electron chi connectivity index (χ4n) is 2.76. The largest absolute Gasteiger partial charge is 0.322 e. The minimum Gasteiger partial charge on any atom is -0.322 e. The number of amides is 2. The van der Waals surface area contributed by atoms with Crippen LogP contribution in [0.2, 0.25) is 5.02 Å². The van der Waals surface area contributed by atoms with Gasteiger partial charge in [-0.1, -0.05) is 23.7 Å². The molecule has 0 unspecified atom stereocenters. The maximum absolute atomic E-state index is 12.5. The van der Waals surface area contributed by atoms with Gasteiger partial charge in [-0.05, 0) is 42.3 Å². The summed E-state index contributed by atoms with van der Waals surface area (Å²) in [5.41, 5.74) is 2.53. The number of nitrogens with zero attached hydrogens (tertiary/aromatic N) is 2. The van der Waals surface area contributed by atoms with E-state index in [0.29, 0.717) is 41.3 Å². The van der Waals surface area contributed by atoms with Crippen LogP contribution in [-0.4, -0.2) is 18.4 Å². The summed E-state index contributed by atoms with van der Waals surface area (Å²) in [6, 6.07) is 14.1. The third-order valence-corrected chi connectivity index (χ3v) is 4.39. The van der Waals surface area contributed by atoms with Crippen LogP contribution in [0.15, 0.2) is 42.5 Å². The first-order valence-electron chi connectivity index (χ1n) is 7.95. The average molecular weight is 354 g/mol. The lowest BCUT2D eigenvalue weighted by Gasteiger charge is -2.18. The van der Waals surface area contributed by atoms with Crippen LogP contribution in [-0.2, 0) is 11.2 Å². The zero-order valence-electron chi connectivity index (χ0n) is 13.5. The molecule has 3 rings (SSSR count). The van der Waals surface area contributed by atoms with Crippen LogP contribution in [0, 0.1) is 11.3 Å². The highest BCUT2D eigenvalue weighted by molar-refractivity contribution is 6.34. The van der Waals surface area contributed by atoms with Crippen molar-refractivity contribution in [3.05, 3.63) is 58.6 Å². The minimum atomic E-state index is -0.280. The van der Waals surface area contributed by atoms with Crippen molar-refractivity contribution in [3.8, 4) is 6.07 Å². The fraction of sp³-hybridized carbons (Fsp3) is 0.211. The molecule has 0 radical (unpaired) electrons. The van der Waals surface area contributed by atoms with Crippen molar-refractivity contribution in [2.45, 2.75) is 19.3 Å². The number of nitriles is 1. The molecule has 1 aliphatic rings. The summed E-state index contributed by atoms with van der Waals surface area (Å²) in [7, 11) is 0. The molecular weight excluding hydrogens is 338 g/mol. The Labute approximate surface area is 150 Å². The van der Waals surface area contributed by atoms with Gasteiger partial charge in [0.2, 0.25) is 5.91 Å². The Morgan fingerprint density at radius 1 is 1.24 bits per heavy atom. The number of rotatable bonds is 4. The summed E-state index contributed by atoms with van der Waals surface area (Å²) < 4.78 is 0. The third kappa shape index (κ3) is 3.81. The van der Waals surface area contributed by atoms with Crippen LogP contribution in [0.5, 0.6) is 0 Å². The van der Waals surface area contributed by atoms with Gasteiger partial charge in [0.15, 0.2) is 0 Å². The highest BCUT2D eigenvalue weighted by atomic mass is 35.5. The van der Waals surface area contributed by atoms with E-state index in [1.807, 2.05) is 0 Å². The zero-order valence-corrected chi connectivity index (χ0v) is 14.2. The van der Waals surface area contributed by atoms with Crippen LogP contribution in [0.3, 0.4) is 0 Å². The third-order valence-electron chi connectivity index (χ3n) is 4.07. The van der Waals surface area contributed by atoms with Crippen molar-refractivity contribution in [1.29, 1.82) is 5.26 Å². The number of hydrogen-bond donors (Lipinski definition) is 1. The van der Waals surface area contributed by atoms with Gasteiger partial charge in [-0.3, -0.25) is 9.59 Å². The Bertz CT molecular complexity index is 856. The molecule has 0 aromatic heterocycles. The van der Waals surface area contributed by atoms with Crippen molar-refractivity contribution >= 4 is 34.8 Å². The summed E-state index contributed by atoms with van der Waals surface area (Å²) in [6.07, 6.45) is 1.63. The maximum Gasteiger partial charge on any atom is 0.255 e. The summed E-state index contributed by atoms with van der Waals surface area (Å²) in [5, 5.41) is 11.9. The van der Waals surface area contributed by atoms with Crippen LogP contribution in [0.25, 0.3) is 0 Å². The van der Waals surface area contributed by atoms with E-state index in [0.717, 1.165) is 12.0 Å². The molecule has 1 saturated heterocycles. The zero-order chi connectivity index (χ0) is 17.8. The predicted molar refractivity (Wildman–Crippen MR) is 96.8 cm³/mol. The van der Waals surface area contributed by atoms with Gasteiger partial charge in [0, 0.05) is 24.2 Å². The highest BCUT2D eigenvalue weighted by Crippen LogP contribution is 2.30. The monoisotopic (exact) mass is 353 g/mol. The number of carbonyl (C=O) groups is 2. The topological polar surface area (TPSA) is 73.2 Å². The van der Waals surface area contributed by atoms with E-state index < -0.39 is 0 Å². The lowest BCUT2D eigenvalue weighted by Crippen LogP contribution is -2.24. The molecule has 126 valence electrons. The van der Waals surface area contributed by atoms with Crippen molar-refractivity contribution in [3.63, 3.8) is 0 Å². The lowest BCUT2D eigenvalue weighted by molar-refractivity contribution is -0.117. The Morgan fingerprint density at radius 3 is 2.64 bits per heavy atom. The molecule has 1 N–H and O–H groups in total. The van der Waals surface area contributed by atoms with Crippen LogP contribution < -0.4 is 10.2 Å². The predicted octanol–water partition coefficient (Wildman–Crippen LogP) is 3.79. The molecular formula is C19H16ClN3O2. The molecule has 1 heterocycles. The van der Waals surface area contributed by atoms with Crippen molar-refractivity contribution < 1.29 is 9.59 Å². The van der Waals surface area contributed by atoms with Gasteiger partial charge < -0.3 is 10.2 Å². The van der Waals surface area contributed by atoms with E-state index in [1.54, 1.807) is 47.4 Å². The van der Waals surface area contributed by atoms with Crippen LogP contribution in [0.4, 0.5) is 11.4 Å². The molecule has 2 aromatic carbocycles. The van der Waals surface area contributed by atoms with E-state index in [2.05, 4.69) is 11.4 Å². The van der Waals surface area contributed by atoms with E-state index >= 15 is 0 Å². The first-order chi connectivity index (χ1) is 12.1. The Balaban J connectivity index is 1.78. The van der Waals surface area contributed by atoms with Gasteiger partial charge in [-0.25, -0.2) is 0 Å². The second-order valence-electron chi connectivity index (χ2n) is 5.80. The maximum atomic E-state index is 12.5. The number of halogens is 1. The van der Waals surface area contributed by atoms with Gasteiger partial charge in [-0.2, -0.15) is 5.26 Å². The van der Waals surface area contributed by atoms with E-state index in [1.165, 1.54) is 0 Å². The van der Waals surface area contributed by atoms with Gasteiger partial charge in [0.05, 0.1) is 23.2 Å². The summed E-state index contributed by atoms with van der Waals surface area (Å²) in [5.74, 6) is -0.259. The molecule has 0 atom stereocenters.